The number of carbonyl (C=O) groups excluding carboxylic acids is 1. The standard InChI is InChI=1S/C26H23NO3/c1-18-23(26(28)30-3)24(19-10-6-4-7-11-19)25(20-12-8-5-9-13-20)27(18)21-14-16-22(29-2)17-15-21/h4-17H,1-3H3. The zero-order valence-electron chi connectivity index (χ0n) is 17.3. The van der Waals surface area contributed by atoms with E-state index >= 15 is 0 Å². The van der Waals surface area contributed by atoms with Crippen molar-refractivity contribution in [2.45, 2.75) is 6.92 Å². The Morgan fingerprint density at radius 2 is 1.33 bits per heavy atom. The molecule has 0 unspecified atom stereocenters. The van der Waals surface area contributed by atoms with Gasteiger partial charge in [-0.05, 0) is 42.3 Å². The third-order valence-corrected chi connectivity index (χ3v) is 5.24. The summed E-state index contributed by atoms with van der Waals surface area (Å²) in [6.07, 6.45) is 0. The number of esters is 1. The molecule has 30 heavy (non-hydrogen) atoms. The predicted molar refractivity (Wildman–Crippen MR) is 119 cm³/mol. The fourth-order valence-corrected chi connectivity index (χ4v) is 3.85. The van der Waals surface area contributed by atoms with Gasteiger partial charge in [-0.2, -0.15) is 0 Å². The zero-order chi connectivity index (χ0) is 21.1. The van der Waals surface area contributed by atoms with Crippen LogP contribution in [-0.4, -0.2) is 24.8 Å². The summed E-state index contributed by atoms with van der Waals surface area (Å²) in [7, 11) is 3.07. The highest BCUT2D eigenvalue weighted by atomic mass is 16.5. The van der Waals surface area contributed by atoms with E-state index in [1.165, 1.54) is 7.11 Å². The van der Waals surface area contributed by atoms with Crippen molar-refractivity contribution in [3.63, 3.8) is 0 Å². The lowest BCUT2D eigenvalue weighted by atomic mass is 9.97. The van der Waals surface area contributed by atoms with Crippen molar-refractivity contribution in [1.82, 2.24) is 4.57 Å². The van der Waals surface area contributed by atoms with E-state index < -0.39 is 0 Å². The number of aromatic nitrogens is 1. The summed E-state index contributed by atoms with van der Waals surface area (Å²) in [5, 5.41) is 0. The van der Waals surface area contributed by atoms with Crippen molar-refractivity contribution in [2.24, 2.45) is 0 Å². The molecule has 0 spiro atoms. The molecule has 4 nitrogen and oxygen atoms in total. The first-order valence-electron chi connectivity index (χ1n) is 9.74. The third kappa shape index (κ3) is 3.37. The zero-order valence-corrected chi connectivity index (χ0v) is 17.3. The van der Waals surface area contributed by atoms with Crippen LogP contribution in [0.1, 0.15) is 16.1 Å². The van der Waals surface area contributed by atoms with Crippen molar-refractivity contribution < 1.29 is 14.3 Å². The first kappa shape index (κ1) is 19.5. The first-order valence-corrected chi connectivity index (χ1v) is 9.74. The lowest BCUT2D eigenvalue weighted by molar-refractivity contribution is 0.0601. The van der Waals surface area contributed by atoms with Crippen LogP contribution in [0.2, 0.25) is 0 Å². The van der Waals surface area contributed by atoms with Crippen LogP contribution in [-0.2, 0) is 4.74 Å². The highest BCUT2D eigenvalue weighted by Crippen LogP contribution is 2.41. The Labute approximate surface area is 176 Å². The third-order valence-electron chi connectivity index (χ3n) is 5.24. The Kier molecular flexibility index (Phi) is 5.40. The number of hydrogen-bond acceptors (Lipinski definition) is 3. The van der Waals surface area contributed by atoms with Gasteiger partial charge in [0.15, 0.2) is 0 Å². The molecule has 4 aromatic rings. The summed E-state index contributed by atoms with van der Waals surface area (Å²) >= 11 is 0. The van der Waals surface area contributed by atoms with Crippen LogP contribution in [0.15, 0.2) is 84.9 Å². The van der Waals surface area contributed by atoms with Crippen molar-refractivity contribution in [3.8, 4) is 33.8 Å². The lowest BCUT2D eigenvalue weighted by Gasteiger charge is -2.14. The van der Waals surface area contributed by atoms with Gasteiger partial charge in [0.2, 0.25) is 0 Å². The molecule has 0 amide bonds. The smallest absolute Gasteiger partial charge is 0.340 e. The fraction of sp³-hybridized carbons (Fsp3) is 0.115. The first-order chi connectivity index (χ1) is 14.7. The summed E-state index contributed by atoms with van der Waals surface area (Å²) in [5.41, 5.74) is 6.13. The molecule has 0 bridgehead atoms. The lowest BCUT2D eigenvalue weighted by Crippen LogP contribution is -2.05. The molecule has 3 aromatic carbocycles. The summed E-state index contributed by atoms with van der Waals surface area (Å²) in [5.74, 6) is 0.428. The summed E-state index contributed by atoms with van der Waals surface area (Å²) in [6.45, 7) is 1.95. The monoisotopic (exact) mass is 397 g/mol. The molecule has 4 rings (SSSR count). The molecule has 1 heterocycles. The van der Waals surface area contributed by atoms with E-state index in [-0.39, 0.29) is 5.97 Å². The molecule has 0 saturated carbocycles. The van der Waals surface area contributed by atoms with Crippen molar-refractivity contribution in [1.29, 1.82) is 0 Å². The van der Waals surface area contributed by atoms with E-state index in [2.05, 4.69) is 16.7 Å². The highest BCUT2D eigenvalue weighted by molar-refractivity contribution is 6.04. The molecule has 0 aliphatic heterocycles. The Balaban J connectivity index is 2.11. The molecular formula is C26H23NO3. The normalized spacial score (nSPS) is 10.6. The Hall–Kier alpha value is -3.79. The summed E-state index contributed by atoms with van der Waals surface area (Å²) in [4.78, 5) is 12.9. The van der Waals surface area contributed by atoms with Crippen LogP contribution in [0, 0.1) is 6.92 Å². The minimum absolute atomic E-state index is 0.351. The molecule has 150 valence electrons. The second-order valence-electron chi connectivity index (χ2n) is 6.94. The van der Waals surface area contributed by atoms with E-state index in [4.69, 9.17) is 9.47 Å². The predicted octanol–water partition coefficient (Wildman–Crippen LogP) is 5.91. The number of hydrogen-bond donors (Lipinski definition) is 0. The summed E-state index contributed by atoms with van der Waals surface area (Å²) < 4.78 is 12.6. The average molecular weight is 397 g/mol. The second-order valence-corrected chi connectivity index (χ2v) is 6.94. The molecule has 0 atom stereocenters. The van der Waals surface area contributed by atoms with Crippen LogP contribution in [0.25, 0.3) is 28.1 Å². The van der Waals surface area contributed by atoms with E-state index in [9.17, 15) is 4.79 Å². The van der Waals surface area contributed by atoms with E-state index in [1.54, 1.807) is 7.11 Å². The van der Waals surface area contributed by atoms with E-state index in [0.29, 0.717) is 5.56 Å². The topological polar surface area (TPSA) is 40.5 Å². The molecule has 0 aliphatic carbocycles. The van der Waals surface area contributed by atoms with Gasteiger partial charge in [-0.15, -0.1) is 0 Å². The Morgan fingerprint density at radius 3 is 1.87 bits per heavy atom. The van der Waals surface area contributed by atoms with Crippen LogP contribution in [0.4, 0.5) is 0 Å². The Bertz CT molecular complexity index is 1160. The van der Waals surface area contributed by atoms with Gasteiger partial charge in [0.05, 0.1) is 25.5 Å². The SMILES string of the molecule is COC(=O)c1c(-c2ccccc2)c(-c2ccccc2)n(-c2ccc(OC)cc2)c1C. The molecule has 0 N–H and O–H groups in total. The minimum Gasteiger partial charge on any atom is -0.497 e. The number of ether oxygens (including phenoxy) is 2. The molecule has 1 aromatic heterocycles. The molecule has 4 heteroatoms. The van der Waals surface area contributed by atoms with Gasteiger partial charge in [-0.3, -0.25) is 0 Å². The minimum atomic E-state index is -0.351. The average Bonchev–Trinajstić information content (AvgIpc) is 3.12. The van der Waals surface area contributed by atoms with Crippen molar-refractivity contribution in [3.05, 3.63) is 96.2 Å². The molecule has 0 radical (unpaired) electrons. The molecule has 0 fully saturated rings. The van der Waals surface area contributed by atoms with Crippen molar-refractivity contribution in [2.75, 3.05) is 14.2 Å². The molecule has 0 saturated heterocycles. The molecule has 0 aliphatic rings. The Morgan fingerprint density at radius 1 is 0.767 bits per heavy atom. The maximum atomic E-state index is 12.9. The van der Waals surface area contributed by atoms with E-state index in [0.717, 1.165) is 39.5 Å². The van der Waals surface area contributed by atoms with Crippen molar-refractivity contribution >= 4 is 5.97 Å². The second kappa shape index (κ2) is 8.29. The van der Waals surface area contributed by atoms with Crippen LogP contribution < -0.4 is 4.74 Å². The maximum Gasteiger partial charge on any atom is 0.340 e. The van der Waals surface area contributed by atoms with Gasteiger partial charge in [0.1, 0.15) is 5.75 Å². The maximum absolute atomic E-state index is 12.9. The van der Waals surface area contributed by atoms with Gasteiger partial charge >= 0.3 is 5.97 Å². The number of rotatable bonds is 5. The quantitative estimate of drug-likeness (QED) is 0.393. The highest BCUT2D eigenvalue weighted by Gasteiger charge is 2.28. The number of carbonyl (C=O) groups is 1. The summed E-state index contributed by atoms with van der Waals surface area (Å²) in [6, 6.07) is 27.9. The van der Waals surface area contributed by atoms with E-state index in [1.807, 2.05) is 79.7 Å². The number of methoxy groups -OCH3 is 2. The van der Waals surface area contributed by atoms with Gasteiger partial charge in [-0.25, -0.2) is 4.79 Å². The van der Waals surface area contributed by atoms with Gasteiger partial charge in [0, 0.05) is 16.9 Å². The fourth-order valence-electron chi connectivity index (χ4n) is 3.85. The van der Waals surface area contributed by atoms with Crippen LogP contribution in [0.3, 0.4) is 0 Å². The largest absolute Gasteiger partial charge is 0.497 e. The van der Waals surface area contributed by atoms with Crippen LogP contribution >= 0.6 is 0 Å². The van der Waals surface area contributed by atoms with Gasteiger partial charge in [0.25, 0.3) is 0 Å². The van der Waals surface area contributed by atoms with Crippen LogP contribution in [0.5, 0.6) is 5.75 Å². The van der Waals surface area contributed by atoms with Gasteiger partial charge in [-0.1, -0.05) is 60.7 Å². The number of nitrogens with zero attached hydrogens (tertiary/aromatic N) is 1. The molecular weight excluding hydrogens is 374 g/mol. The number of benzene rings is 3. The van der Waals surface area contributed by atoms with Gasteiger partial charge < -0.3 is 14.0 Å².